The molecule has 0 unspecified atom stereocenters. The molecule has 0 aliphatic carbocycles. The zero-order chi connectivity index (χ0) is 11.9. The molecule has 0 saturated carbocycles. The number of nitrogens with one attached hydrogen (secondary N) is 1. The zero-order valence-corrected chi connectivity index (χ0v) is 11.4. The molecule has 0 radical (unpaired) electrons. The van der Waals surface area contributed by atoms with Gasteiger partial charge in [-0.1, -0.05) is 0 Å². The standard InChI is InChI=1S/C4H11N5.Na.H2O4S/c1-9(2)4(7)8-3(5)6;;1-5(2,3)4/h1-2H3,(H5,5,6,7,8);;(H2,1,2,3,4)/q;+1;/p-1. The fraction of sp³-hybridized carbons (Fsp3) is 0.500. The van der Waals surface area contributed by atoms with Crippen molar-refractivity contribution in [3.63, 3.8) is 0 Å². The molecule has 0 atom stereocenters. The van der Waals surface area contributed by atoms with Gasteiger partial charge >= 0.3 is 29.6 Å². The van der Waals surface area contributed by atoms with Crippen molar-refractivity contribution < 1.29 is 47.1 Å². The predicted octanol–water partition coefficient (Wildman–Crippen LogP) is -5.24. The Morgan fingerprint density at radius 3 is 1.80 bits per heavy atom. The van der Waals surface area contributed by atoms with Gasteiger partial charge in [-0.3, -0.25) is 9.96 Å². The molecule has 0 fully saturated rings. The summed E-state index contributed by atoms with van der Waals surface area (Å²) in [6, 6.07) is 0. The molecular formula is C4H12N5NaO4S. The van der Waals surface area contributed by atoms with Gasteiger partial charge in [-0.05, 0) is 0 Å². The van der Waals surface area contributed by atoms with E-state index in [-0.39, 0.29) is 41.5 Å². The summed E-state index contributed by atoms with van der Waals surface area (Å²) in [5.41, 5.74) is 9.98. The minimum Gasteiger partial charge on any atom is -0.726 e. The Kier molecular flexibility index (Phi) is 11.9. The van der Waals surface area contributed by atoms with Gasteiger partial charge < -0.3 is 20.9 Å². The fourth-order valence-electron chi connectivity index (χ4n) is 0.222. The number of rotatable bonds is 0. The van der Waals surface area contributed by atoms with Gasteiger partial charge in [0.25, 0.3) is 0 Å². The average Bonchev–Trinajstić information content (AvgIpc) is 1.80. The van der Waals surface area contributed by atoms with Crippen LogP contribution in [0.2, 0.25) is 0 Å². The van der Waals surface area contributed by atoms with E-state index in [2.05, 4.69) is 4.99 Å². The molecule has 0 aliphatic rings. The summed E-state index contributed by atoms with van der Waals surface area (Å²) >= 11 is 0. The second-order valence-electron chi connectivity index (χ2n) is 2.18. The molecule has 0 aromatic heterocycles. The second-order valence-corrected chi connectivity index (χ2v) is 3.04. The summed E-state index contributed by atoms with van der Waals surface area (Å²) < 4.78 is 32.8. The number of nitrogens with two attached hydrogens (primary N) is 2. The second kappa shape index (κ2) is 8.88. The molecule has 15 heavy (non-hydrogen) atoms. The van der Waals surface area contributed by atoms with Gasteiger partial charge in [0, 0.05) is 14.1 Å². The minimum absolute atomic E-state index is 0. The number of aliphatic imine (C=N–C) groups is 1. The van der Waals surface area contributed by atoms with Crippen LogP contribution in [0.3, 0.4) is 0 Å². The minimum atomic E-state index is -4.92. The maximum absolute atomic E-state index is 8.63. The quantitative estimate of drug-likeness (QED) is 0.109. The van der Waals surface area contributed by atoms with Crippen molar-refractivity contribution in [2.75, 3.05) is 14.1 Å². The largest absolute Gasteiger partial charge is 1.00 e. The molecule has 9 nitrogen and oxygen atoms in total. The smallest absolute Gasteiger partial charge is 0.726 e. The van der Waals surface area contributed by atoms with E-state index in [4.69, 9.17) is 34.4 Å². The fourth-order valence-corrected chi connectivity index (χ4v) is 0.222. The molecule has 0 aromatic carbocycles. The van der Waals surface area contributed by atoms with E-state index < -0.39 is 10.4 Å². The van der Waals surface area contributed by atoms with Crippen molar-refractivity contribution >= 4 is 22.3 Å². The Hall–Kier alpha value is -0.390. The van der Waals surface area contributed by atoms with Gasteiger partial charge in [-0.25, -0.2) is 8.42 Å². The van der Waals surface area contributed by atoms with E-state index in [0.29, 0.717) is 0 Å². The Bertz CT molecular complexity index is 301. The summed E-state index contributed by atoms with van der Waals surface area (Å²) in [6.45, 7) is 0. The van der Waals surface area contributed by atoms with E-state index in [1.807, 2.05) is 0 Å². The van der Waals surface area contributed by atoms with Gasteiger partial charge in [0.15, 0.2) is 5.96 Å². The van der Waals surface area contributed by atoms with Crippen LogP contribution in [0.15, 0.2) is 4.99 Å². The summed E-state index contributed by atoms with van der Waals surface area (Å²) in [6.07, 6.45) is 0. The number of hydrogen-bond acceptors (Lipinski definition) is 4. The van der Waals surface area contributed by atoms with Gasteiger partial charge in [0.2, 0.25) is 16.4 Å². The molecule has 6 N–H and O–H groups in total. The third kappa shape index (κ3) is 31.7. The Balaban J connectivity index is -0.000000208. The first kappa shape index (κ1) is 20.1. The van der Waals surface area contributed by atoms with Crippen LogP contribution in [0, 0.1) is 5.41 Å². The first-order valence-corrected chi connectivity index (χ1v) is 4.44. The summed E-state index contributed by atoms with van der Waals surface area (Å²) in [7, 11) is -1.54. The first-order valence-electron chi connectivity index (χ1n) is 3.08. The van der Waals surface area contributed by atoms with Gasteiger partial charge in [-0.2, -0.15) is 4.99 Å². The summed E-state index contributed by atoms with van der Waals surface area (Å²) in [5.74, 6) is -0.0382. The molecule has 0 aliphatic heterocycles. The van der Waals surface area contributed by atoms with Crippen LogP contribution in [0.5, 0.6) is 0 Å². The van der Waals surface area contributed by atoms with Crippen molar-refractivity contribution in [2.45, 2.75) is 0 Å². The summed E-state index contributed by atoms with van der Waals surface area (Å²) in [5, 5.41) is 7.05. The summed E-state index contributed by atoms with van der Waals surface area (Å²) in [4.78, 5) is 4.96. The van der Waals surface area contributed by atoms with Crippen LogP contribution in [0.1, 0.15) is 0 Å². The Morgan fingerprint density at radius 1 is 1.47 bits per heavy atom. The van der Waals surface area contributed by atoms with Gasteiger partial charge in [0.05, 0.1) is 0 Å². The van der Waals surface area contributed by atoms with Crippen molar-refractivity contribution in [3.8, 4) is 0 Å². The predicted molar refractivity (Wildman–Crippen MR) is 49.5 cm³/mol. The maximum atomic E-state index is 8.63. The third-order valence-electron chi connectivity index (χ3n) is 0.659. The molecule has 0 heterocycles. The van der Waals surface area contributed by atoms with Crippen LogP contribution in [0.4, 0.5) is 0 Å². The number of hydrogen-bond donors (Lipinski definition) is 4. The SMILES string of the molecule is CN(C)C(=N)N=C(N)N.O=S(=O)([O-])O.[Na+]. The van der Waals surface area contributed by atoms with Crippen LogP contribution < -0.4 is 41.0 Å². The van der Waals surface area contributed by atoms with Gasteiger partial charge in [-0.15, -0.1) is 0 Å². The van der Waals surface area contributed by atoms with E-state index in [1.165, 1.54) is 4.90 Å². The monoisotopic (exact) mass is 249 g/mol. The molecule has 0 aromatic rings. The van der Waals surface area contributed by atoms with Crippen molar-refractivity contribution in [3.05, 3.63) is 0 Å². The number of guanidine groups is 2. The molecule has 0 spiro atoms. The molecule has 0 saturated heterocycles. The first-order chi connectivity index (χ1) is 6.04. The van der Waals surface area contributed by atoms with Crippen LogP contribution >= 0.6 is 0 Å². The van der Waals surface area contributed by atoms with Crippen LogP contribution in [-0.4, -0.2) is 48.4 Å². The van der Waals surface area contributed by atoms with E-state index in [1.54, 1.807) is 14.1 Å². The normalized spacial score (nSPS) is 8.80. The molecule has 0 rings (SSSR count). The average molecular weight is 249 g/mol. The molecule has 84 valence electrons. The van der Waals surface area contributed by atoms with Crippen LogP contribution in [-0.2, 0) is 10.4 Å². The third-order valence-corrected chi connectivity index (χ3v) is 0.659. The van der Waals surface area contributed by atoms with Crippen molar-refractivity contribution in [1.29, 1.82) is 5.41 Å². The molecule has 0 bridgehead atoms. The molecular weight excluding hydrogens is 237 g/mol. The van der Waals surface area contributed by atoms with Crippen molar-refractivity contribution in [2.24, 2.45) is 16.5 Å². The topological polar surface area (TPSA) is 169 Å². The Morgan fingerprint density at radius 2 is 1.73 bits per heavy atom. The van der Waals surface area contributed by atoms with E-state index in [0.717, 1.165) is 0 Å². The molecule has 0 amide bonds. The van der Waals surface area contributed by atoms with E-state index in [9.17, 15) is 0 Å². The van der Waals surface area contributed by atoms with E-state index >= 15 is 0 Å². The molecule has 11 heteroatoms. The maximum Gasteiger partial charge on any atom is 1.00 e. The van der Waals surface area contributed by atoms with Crippen molar-refractivity contribution in [1.82, 2.24) is 4.90 Å². The van der Waals surface area contributed by atoms with Crippen LogP contribution in [0.25, 0.3) is 0 Å². The Labute approximate surface area is 110 Å². The zero-order valence-electron chi connectivity index (χ0n) is 8.63. The number of nitrogens with zero attached hydrogens (tertiary/aromatic N) is 2. The van der Waals surface area contributed by atoms with Gasteiger partial charge in [0.1, 0.15) is 0 Å².